The van der Waals surface area contributed by atoms with Gasteiger partial charge < -0.3 is 15.2 Å². The van der Waals surface area contributed by atoms with Gasteiger partial charge in [-0.3, -0.25) is 9.69 Å². The van der Waals surface area contributed by atoms with Crippen molar-refractivity contribution in [2.75, 3.05) is 32.6 Å². The van der Waals surface area contributed by atoms with Gasteiger partial charge in [-0.05, 0) is 44.2 Å². The maximum absolute atomic E-state index is 12.0. The first-order chi connectivity index (χ1) is 10.0. The van der Waals surface area contributed by atoms with Crippen molar-refractivity contribution < 1.29 is 14.6 Å². The van der Waals surface area contributed by atoms with Crippen LogP contribution in [0.5, 0.6) is 5.75 Å². The quantitative estimate of drug-likeness (QED) is 0.840. The topological polar surface area (TPSA) is 61.8 Å². The molecule has 1 saturated carbocycles. The van der Waals surface area contributed by atoms with Gasteiger partial charge in [0.15, 0.2) is 0 Å². The lowest BCUT2D eigenvalue weighted by molar-refractivity contribution is -0.117. The highest BCUT2D eigenvalue weighted by Gasteiger charge is 2.32. The Hall–Kier alpha value is -1.59. The molecule has 0 atom stereocenters. The maximum atomic E-state index is 12.0. The smallest absolute Gasteiger partial charge is 0.238 e. The summed E-state index contributed by atoms with van der Waals surface area (Å²) in [6.07, 6.45) is 3.81. The van der Waals surface area contributed by atoms with Crippen molar-refractivity contribution in [3.8, 4) is 5.75 Å². The lowest BCUT2D eigenvalue weighted by atomic mass is 10.0. The zero-order valence-electron chi connectivity index (χ0n) is 12.8. The molecule has 1 aromatic carbocycles. The molecule has 0 radical (unpaired) electrons. The minimum Gasteiger partial charge on any atom is -0.497 e. The van der Waals surface area contributed by atoms with E-state index in [0.29, 0.717) is 6.54 Å². The Morgan fingerprint density at radius 3 is 2.52 bits per heavy atom. The van der Waals surface area contributed by atoms with Crippen LogP contribution in [0.15, 0.2) is 24.3 Å². The number of benzene rings is 1. The van der Waals surface area contributed by atoms with Gasteiger partial charge in [0, 0.05) is 12.2 Å². The lowest BCUT2D eigenvalue weighted by Gasteiger charge is -2.28. The third kappa shape index (κ3) is 4.72. The summed E-state index contributed by atoms with van der Waals surface area (Å²) in [6.45, 7) is 0.817. The summed E-state index contributed by atoms with van der Waals surface area (Å²) >= 11 is 0. The molecule has 21 heavy (non-hydrogen) atoms. The van der Waals surface area contributed by atoms with Crippen molar-refractivity contribution in [1.29, 1.82) is 0 Å². The van der Waals surface area contributed by atoms with Crippen LogP contribution < -0.4 is 10.1 Å². The average molecular weight is 292 g/mol. The van der Waals surface area contributed by atoms with Gasteiger partial charge >= 0.3 is 0 Å². The minimum atomic E-state index is -0.616. The normalized spacial score (nSPS) is 17.0. The van der Waals surface area contributed by atoms with Crippen LogP contribution in [0.2, 0.25) is 0 Å². The molecule has 5 nitrogen and oxygen atoms in total. The minimum absolute atomic E-state index is 0.0794. The summed E-state index contributed by atoms with van der Waals surface area (Å²) in [4.78, 5) is 13.9. The van der Waals surface area contributed by atoms with Crippen molar-refractivity contribution in [1.82, 2.24) is 4.90 Å². The van der Waals surface area contributed by atoms with Gasteiger partial charge in [0.05, 0.1) is 19.3 Å². The Labute approximate surface area is 125 Å². The van der Waals surface area contributed by atoms with Crippen molar-refractivity contribution in [2.24, 2.45) is 0 Å². The zero-order valence-corrected chi connectivity index (χ0v) is 12.8. The first kappa shape index (κ1) is 15.8. The molecule has 0 aliphatic heterocycles. The van der Waals surface area contributed by atoms with Crippen LogP contribution in [-0.4, -0.2) is 48.8 Å². The number of anilines is 1. The van der Waals surface area contributed by atoms with E-state index < -0.39 is 5.60 Å². The number of hydrogen-bond acceptors (Lipinski definition) is 4. The van der Waals surface area contributed by atoms with Crippen LogP contribution in [-0.2, 0) is 4.79 Å². The molecule has 5 heteroatoms. The van der Waals surface area contributed by atoms with Crippen LogP contribution in [0.25, 0.3) is 0 Å². The number of methoxy groups -OCH3 is 1. The van der Waals surface area contributed by atoms with Gasteiger partial charge in [-0.2, -0.15) is 0 Å². The number of rotatable bonds is 6. The standard InChI is InChI=1S/C16H24N2O3/c1-18(12-16(20)9-3-4-10-16)11-15(19)17-13-5-7-14(21-2)8-6-13/h5-8,20H,3-4,9-12H2,1-2H3,(H,17,19). The van der Waals surface area contributed by atoms with Gasteiger partial charge in [0.2, 0.25) is 5.91 Å². The second-order valence-electron chi connectivity index (χ2n) is 5.88. The van der Waals surface area contributed by atoms with E-state index in [1.54, 1.807) is 31.4 Å². The van der Waals surface area contributed by atoms with Gasteiger partial charge in [-0.15, -0.1) is 0 Å². The molecule has 0 unspecified atom stereocenters. The first-order valence-electron chi connectivity index (χ1n) is 7.36. The maximum Gasteiger partial charge on any atom is 0.238 e. The van der Waals surface area contributed by atoms with Gasteiger partial charge in [0.25, 0.3) is 0 Å². The molecule has 0 aromatic heterocycles. The predicted octanol–water partition coefficient (Wildman–Crippen LogP) is 1.87. The summed E-state index contributed by atoms with van der Waals surface area (Å²) in [6, 6.07) is 7.23. The van der Waals surface area contributed by atoms with Crippen molar-refractivity contribution in [2.45, 2.75) is 31.3 Å². The fourth-order valence-electron chi connectivity index (χ4n) is 2.87. The van der Waals surface area contributed by atoms with E-state index in [2.05, 4.69) is 5.32 Å². The predicted molar refractivity (Wildman–Crippen MR) is 82.5 cm³/mol. The highest BCUT2D eigenvalue weighted by molar-refractivity contribution is 5.92. The number of hydrogen-bond donors (Lipinski definition) is 2. The van der Waals surface area contributed by atoms with Crippen LogP contribution in [0.3, 0.4) is 0 Å². The van der Waals surface area contributed by atoms with Gasteiger partial charge in [-0.25, -0.2) is 0 Å². The number of aliphatic hydroxyl groups is 1. The van der Waals surface area contributed by atoms with E-state index in [1.165, 1.54) is 0 Å². The second-order valence-corrected chi connectivity index (χ2v) is 5.88. The molecule has 1 aliphatic rings. The fraction of sp³-hybridized carbons (Fsp3) is 0.562. The van der Waals surface area contributed by atoms with E-state index in [0.717, 1.165) is 37.1 Å². The molecule has 1 aromatic rings. The summed E-state index contributed by atoms with van der Waals surface area (Å²) in [5, 5.41) is 13.2. The van der Waals surface area contributed by atoms with Crippen molar-refractivity contribution in [3.05, 3.63) is 24.3 Å². The fourth-order valence-corrected chi connectivity index (χ4v) is 2.87. The number of ether oxygens (including phenoxy) is 1. The van der Waals surface area contributed by atoms with E-state index in [4.69, 9.17) is 4.74 Å². The summed E-state index contributed by atoms with van der Waals surface area (Å²) in [5.41, 5.74) is 0.128. The number of carbonyl (C=O) groups excluding carboxylic acids is 1. The zero-order chi connectivity index (χ0) is 15.3. The highest BCUT2D eigenvalue weighted by Crippen LogP contribution is 2.29. The van der Waals surface area contributed by atoms with E-state index in [1.807, 2.05) is 11.9 Å². The van der Waals surface area contributed by atoms with Crippen molar-refractivity contribution >= 4 is 11.6 Å². The van der Waals surface area contributed by atoms with E-state index >= 15 is 0 Å². The molecule has 116 valence electrons. The number of carbonyl (C=O) groups is 1. The number of amides is 1. The summed E-state index contributed by atoms with van der Waals surface area (Å²) < 4.78 is 5.08. The third-order valence-corrected chi connectivity index (χ3v) is 3.89. The molecule has 0 bridgehead atoms. The van der Waals surface area contributed by atoms with Crippen LogP contribution in [0.1, 0.15) is 25.7 Å². The van der Waals surface area contributed by atoms with Gasteiger partial charge in [-0.1, -0.05) is 12.8 Å². The third-order valence-electron chi connectivity index (χ3n) is 3.89. The van der Waals surface area contributed by atoms with Crippen LogP contribution >= 0.6 is 0 Å². The Morgan fingerprint density at radius 1 is 1.33 bits per heavy atom. The lowest BCUT2D eigenvalue weighted by Crippen LogP contribution is -2.42. The van der Waals surface area contributed by atoms with Crippen molar-refractivity contribution in [3.63, 3.8) is 0 Å². The Balaban J connectivity index is 1.80. The molecular weight excluding hydrogens is 268 g/mol. The molecule has 1 fully saturated rings. The molecule has 0 spiro atoms. The number of likely N-dealkylation sites (N-methyl/N-ethyl adjacent to an activating group) is 1. The molecule has 1 aliphatic carbocycles. The van der Waals surface area contributed by atoms with E-state index in [9.17, 15) is 9.90 Å². The largest absolute Gasteiger partial charge is 0.497 e. The molecule has 0 saturated heterocycles. The Morgan fingerprint density at radius 2 is 1.95 bits per heavy atom. The molecular formula is C16H24N2O3. The molecule has 0 heterocycles. The van der Waals surface area contributed by atoms with Crippen LogP contribution in [0.4, 0.5) is 5.69 Å². The summed E-state index contributed by atoms with van der Waals surface area (Å²) in [5.74, 6) is 0.679. The monoisotopic (exact) mass is 292 g/mol. The molecule has 1 amide bonds. The van der Waals surface area contributed by atoms with Gasteiger partial charge in [0.1, 0.15) is 5.75 Å². The molecule has 2 N–H and O–H groups in total. The number of nitrogens with one attached hydrogen (secondary N) is 1. The molecule has 2 rings (SSSR count). The summed E-state index contributed by atoms with van der Waals surface area (Å²) in [7, 11) is 3.47. The highest BCUT2D eigenvalue weighted by atomic mass is 16.5. The second kappa shape index (κ2) is 6.91. The average Bonchev–Trinajstić information content (AvgIpc) is 2.85. The SMILES string of the molecule is COc1ccc(NC(=O)CN(C)CC2(O)CCCC2)cc1. The Bertz CT molecular complexity index is 467. The van der Waals surface area contributed by atoms with E-state index in [-0.39, 0.29) is 12.5 Å². The number of nitrogens with zero attached hydrogens (tertiary/aromatic N) is 1. The van der Waals surface area contributed by atoms with Crippen LogP contribution in [0, 0.1) is 0 Å². The first-order valence-corrected chi connectivity index (χ1v) is 7.36. The Kier molecular flexibility index (Phi) is 5.20.